The molecule has 0 fully saturated rings. The summed E-state index contributed by atoms with van der Waals surface area (Å²) in [5, 5.41) is 3.07. The molecule has 0 radical (unpaired) electrons. The van der Waals surface area contributed by atoms with E-state index in [0.29, 0.717) is 10.9 Å². The molecule has 2 aromatic rings. The zero-order valence-corrected chi connectivity index (χ0v) is 19.8. The number of para-hydroxylation sites is 1. The number of fused-ring (bicyclic) bond motifs is 1. The SMILES string of the molecule is C=C1c2ccccc2N=C(S[C@@H](C)C(=O)Nc2cc(S(=O)(=O)N(C)C)ccc2C)N1C. The molecule has 3 rings (SSSR count). The molecular weight excluding hydrogens is 432 g/mol. The van der Waals surface area contributed by atoms with Gasteiger partial charge < -0.3 is 10.2 Å². The second kappa shape index (κ2) is 8.86. The predicted molar refractivity (Wildman–Crippen MR) is 128 cm³/mol. The Balaban J connectivity index is 1.79. The Morgan fingerprint density at radius 3 is 2.58 bits per heavy atom. The lowest BCUT2D eigenvalue weighted by Gasteiger charge is -2.29. The Morgan fingerprint density at radius 1 is 1.23 bits per heavy atom. The lowest BCUT2D eigenvalue weighted by Crippen LogP contribution is -2.30. The molecule has 7 nitrogen and oxygen atoms in total. The van der Waals surface area contributed by atoms with Crippen LogP contribution in [-0.2, 0) is 14.8 Å². The third-order valence-electron chi connectivity index (χ3n) is 5.02. The first-order valence-electron chi connectivity index (χ1n) is 9.64. The van der Waals surface area contributed by atoms with Crippen LogP contribution in [0.1, 0.15) is 18.1 Å². The van der Waals surface area contributed by atoms with Gasteiger partial charge in [-0.2, -0.15) is 0 Å². The number of hydrogen-bond acceptors (Lipinski definition) is 6. The number of thioether (sulfide) groups is 1. The number of carbonyl (C=O) groups excluding carboxylic acids is 1. The average Bonchev–Trinajstić information content (AvgIpc) is 2.73. The molecular formula is C22H26N4O3S2. The van der Waals surface area contributed by atoms with Crippen molar-refractivity contribution in [1.29, 1.82) is 0 Å². The molecule has 0 bridgehead atoms. The number of rotatable bonds is 5. The van der Waals surface area contributed by atoms with Gasteiger partial charge in [0.15, 0.2) is 5.17 Å². The van der Waals surface area contributed by atoms with E-state index in [1.165, 1.54) is 38.0 Å². The summed E-state index contributed by atoms with van der Waals surface area (Å²) >= 11 is 1.32. The van der Waals surface area contributed by atoms with Crippen LogP contribution in [-0.4, -0.2) is 55.1 Å². The van der Waals surface area contributed by atoms with Gasteiger partial charge in [0.05, 0.1) is 15.8 Å². The lowest BCUT2D eigenvalue weighted by atomic mass is 10.1. The molecule has 1 aliphatic rings. The van der Waals surface area contributed by atoms with Crippen LogP contribution in [0.3, 0.4) is 0 Å². The van der Waals surface area contributed by atoms with Crippen LogP contribution < -0.4 is 5.32 Å². The molecule has 1 heterocycles. The topological polar surface area (TPSA) is 82.1 Å². The van der Waals surface area contributed by atoms with E-state index in [0.717, 1.165) is 26.8 Å². The van der Waals surface area contributed by atoms with Crippen molar-refractivity contribution in [2.75, 3.05) is 26.5 Å². The van der Waals surface area contributed by atoms with E-state index in [1.54, 1.807) is 13.0 Å². The Hall–Kier alpha value is -2.62. The number of aliphatic imine (C=N–C) groups is 1. The van der Waals surface area contributed by atoms with Gasteiger partial charge >= 0.3 is 0 Å². The van der Waals surface area contributed by atoms with E-state index in [1.807, 2.05) is 43.1 Å². The molecule has 0 spiro atoms. The molecule has 31 heavy (non-hydrogen) atoms. The van der Waals surface area contributed by atoms with Crippen molar-refractivity contribution in [2.24, 2.45) is 4.99 Å². The van der Waals surface area contributed by atoms with Crippen molar-refractivity contribution in [3.05, 3.63) is 60.2 Å². The van der Waals surface area contributed by atoms with Crippen LogP contribution in [0, 0.1) is 6.92 Å². The van der Waals surface area contributed by atoms with Crippen LogP contribution in [0.4, 0.5) is 11.4 Å². The summed E-state index contributed by atoms with van der Waals surface area (Å²) in [5.41, 5.74) is 3.84. The molecule has 0 aromatic heterocycles. The van der Waals surface area contributed by atoms with Crippen LogP contribution in [0.2, 0.25) is 0 Å². The number of sulfonamides is 1. The second-order valence-corrected chi connectivity index (χ2v) is 10.9. The third-order valence-corrected chi connectivity index (χ3v) is 7.97. The highest BCUT2D eigenvalue weighted by atomic mass is 32.2. The van der Waals surface area contributed by atoms with Gasteiger partial charge in [0, 0.05) is 38.1 Å². The summed E-state index contributed by atoms with van der Waals surface area (Å²) < 4.78 is 26.0. The molecule has 1 N–H and O–H groups in total. The van der Waals surface area contributed by atoms with Crippen molar-refractivity contribution in [3.63, 3.8) is 0 Å². The normalized spacial score (nSPS) is 14.8. The molecule has 0 saturated carbocycles. The molecule has 0 unspecified atom stereocenters. The van der Waals surface area contributed by atoms with E-state index >= 15 is 0 Å². The van der Waals surface area contributed by atoms with Gasteiger partial charge in [-0.1, -0.05) is 42.6 Å². The monoisotopic (exact) mass is 458 g/mol. The van der Waals surface area contributed by atoms with Gasteiger partial charge in [-0.25, -0.2) is 17.7 Å². The minimum Gasteiger partial charge on any atom is -0.325 e. The smallest absolute Gasteiger partial charge is 0.242 e. The van der Waals surface area contributed by atoms with Crippen LogP contribution in [0.15, 0.2) is 58.9 Å². The van der Waals surface area contributed by atoms with Crippen molar-refractivity contribution in [1.82, 2.24) is 9.21 Å². The third kappa shape index (κ3) is 4.68. The van der Waals surface area contributed by atoms with E-state index in [9.17, 15) is 13.2 Å². The number of amides is 1. The minimum absolute atomic E-state index is 0.128. The molecule has 9 heteroatoms. The Bertz CT molecular complexity index is 1170. The van der Waals surface area contributed by atoms with Crippen molar-refractivity contribution in [2.45, 2.75) is 24.0 Å². The highest BCUT2D eigenvalue weighted by Crippen LogP contribution is 2.35. The first-order chi connectivity index (χ1) is 14.5. The summed E-state index contributed by atoms with van der Waals surface area (Å²) in [6, 6.07) is 12.4. The molecule has 164 valence electrons. The van der Waals surface area contributed by atoms with Gasteiger partial charge in [-0.15, -0.1) is 0 Å². The number of amidine groups is 1. The predicted octanol–water partition coefficient (Wildman–Crippen LogP) is 3.91. The van der Waals surface area contributed by atoms with E-state index in [-0.39, 0.29) is 10.8 Å². The second-order valence-electron chi connectivity index (χ2n) is 7.43. The minimum atomic E-state index is -3.60. The summed E-state index contributed by atoms with van der Waals surface area (Å²) in [4.78, 5) is 19.5. The van der Waals surface area contributed by atoms with Crippen molar-refractivity contribution < 1.29 is 13.2 Å². The fraction of sp³-hybridized carbons (Fsp3) is 0.273. The maximum atomic E-state index is 12.9. The Kier molecular flexibility index (Phi) is 6.59. The van der Waals surface area contributed by atoms with Gasteiger partial charge in [0.2, 0.25) is 15.9 Å². The lowest BCUT2D eigenvalue weighted by molar-refractivity contribution is -0.115. The molecule has 0 aliphatic carbocycles. The van der Waals surface area contributed by atoms with Gasteiger partial charge in [0.1, 0.15) is 0 Å². The van der Waals surface area contributed by atoms with Gasteiger partial charge in [-0.3, -0.25) is 4.79 Å². The maximum absolute atomic E-state index is 12.9. The number of nitrogens with one attached hydrogen (secondary N) is 1. The zero-order chi connectivity index (χ0) is 22.9. The van der Waals surface area contributed by atoms with Gasteiger partial charge in [0.25, 0.3) is 0 Å². The standard InChI is InChI=1S/C22H26N4O3S2/c1-14-11-12-17(31(28,29)25(4)5)13-20(14)23-21(27)16(3)30-22-24-19-10-8-7-9-18(19)15(2)26(22)6/h7-13,16H,2H2,1,3-6H3,(H,23,27)/t16-/m0/s1. The summed E-state index contributed by atoms with van der Waals surface area (Å²) in [6.07, 6.45) is 0. The average molecular weight is 459 g/mol. The molecule has 1 aliphatic heterocycles. The molecule has 1 amide bonds. The zero-order valence-electron chi connectivity index (χ0n) is 18.2. The largest absolute Gasteiger partial charge is 0.325 e. The number of anilines is 1. The number of hydrogen-bond donors (Lipinski definition) is 1. The van der Waals surface area contributed by atoms with E-state index in [2.05, 4.69) is 16.9 Å². The first-order valence-corrected chi connectivity index (χ1v) is 12.0. The fourth-order valence-electron chi connectivity index (χ4n) is 2.95. The number of nitrogens with zero attached hydrogens (tertiary/aromatic N) is 3. The molecule has 2 aromatic carbocycles. The molecule has 0 saturated heterocycles. The van der Waals surface area contributed by atoms with Crippen LogP contribution >= 0.6 is 11.8 Å². The highest BCUT2D eigenvalue weighted by molar-refractivity contribution is 8.14. The molecule has 1 atom stereocenters. The van der Waals surface area contributed by atoms with Crippen LogP contribution in [0.25, 0.3) is 5.70 Å². The Labute approximate surface area is 187 Å². The van der Waals surface area contributed by atoms with Crippen molar-refractivity contribution in [3.8, 4) is 0 Å². The number of carbonyl (C=O) groups is 1. The van der Waals surface area contributed by atoms with Gasteiger partial charge in [-0.05, 0) is 37.6 Å². The summed E-state index contributed by atoms with van der Waals surface area (Å²) in [7, 11) is 1.22. The number of aryl methyl sites for hydroxylation is 1. The fourth-order valence-corrected chi connectivity index (χ4v) is 4.78. The quantitative estimate of drug-likeness (QED) is 0.735. The highest BCUT2D eigenvalue weighted by Gasteiger charge is 2.26. The van der Waals surface area contributed by atoms with Crippen molar-refractivity contribution >= 4 is 49.9 Å². The Morgan fingerprint density at radius 2 is 1.90 bits per heavy atom. The number of benzene rings is 2. The summed E-state index contributed by atoms with van der Waals surface area (Å²) in [6.45, 7) is 7.74. The first kappa shape index (κ1) is 23.1. The van der Waals surface area contributed by atoms with E-state index in [4.69, 9.17) is 0 Å². The summed E-state index contributed by atoms with van der Waals surface area (Å²) in [5.74, 6) is -0.243. The van der Waals surface area contributed by atoms with Crippen LogP contribution in [0.5, 0.6) is 0 Å². The van der Waals surface area contributed by atoms with E-state index < -0.39 is 15.3 Å². The maximum Gasteiger partial charge on any atom is 0.242 e.